The van der Waals surface area contributed by atoms with Crippen LogP contribution in [0, 0.1) is 12.7 Å². The van der Waals surface area contributed by atoms with E-state index in [1.807, 2.05) is 19.1 Å². The smallest absolute Gasteiger partial charge is 0.424 e. The first-order valence-electron chi connectivity index (χ1n) is 14.8. The van der Waals surface area contributed by atoms with Gasteiger partial charge in [-0.1, -0.05) is 6.07 Å². The van der Waals surface area contributed by atoms with Crippen LogP contribution in [0.3, 0.4) is 0 Å². The fourth-order valence-electron chi connectivity index (χ4n) is 4.86. The molecule has 9 nitrogen and oxygen atoms in total. The van der Waals surface area contributed by atoms with Gasteiger partial charge in [-0.2, -0.15) is 13.2 Å². The number of alkyl halides is 3. The van der Waals surface area contributed by atoms with Crippen molar-refractivity contribution in [2.45, 2.75) is 51.0 Å². The number of pyridine rings is 2. The molecule has 0 spiro atoms. The largest absolute Gasteiger partial charge is 0.491 e. The van der Waals surface area contributed by atoms with Gasteiger partial charge in [0.25, 0.3) is 5.91 Å². The number of carbonyl (C=O) groups excluding carboxylic acids is 2. The number of aryl methyl sites for hydroxylation is 1. The molecule has 2 aromatic carbocycles. The predicted octanol–water partition coefficient (Wildman–Crippen LogP) is 5.41. The Balaban J connectivity index is 1.51. The summed E-state index contributed by atoms with van der Waals surface area (Å²) in [5.41, 5.74) is 2.81. The molecule has 0 radical (unpaired) electrons. The summed E-state index contributed by atoms with van der Waals surface area (Å²) in [5, 5.41) is 13.4. The summed E-state index contributed by atoms with van der Waals surface area (Å²) >= 11 is 0. The Hall–Kier alpha value is -5.04. The lowest BCUT2D eigenvalue weighted by Crippen LogP contribution is -2.51. The molecule has 2 amide bonds. The van der Waals surface area contributed by atoms with E-state index in [0.29, 0.717) is 11.3 Å². The Morgan fingerprint density at radius 1 is 1.04 bits per heavy atom. The highest BCUT2D eigenvalue weighted by Gasteiger charge is 2.56. The molecule has 4 N–H and O–H groups in total. The van der Waals surface area contributed by atoms with Crippen LogP contribution < -0.4 is 20.5 Å². The lowest BCUT2D eigenvalue weighted by molar-refractivity contribution is -0.265. The van der Waals surface area contributed by atoms with Gasteiger partial charge < -0.3 is 25.6 Å². The Morgan fingerprint density at radius 2 is 1.74 bits per heavy atom. The van der Waals surface area contributed by atoms with Gasteiger partial charge >= 0.3 is 6.18 Å². The summed E-state index contributed by atoms with van der Waals surface area (Å²) in [6, 6.07) is 13.7. The van der Waals surface area contributed by atoms with Crippen LogP contribution >= 0.6 is 0 Å². The maximum atomic E-state index is 14.7. The van der Waals surface area contributed by atoms with E-state index < -0.39 is 48.1 Å². The molecule has 2 aromatic heterocycles. The monoisotopic (exact) mass is 652 g/mol. The second-order valence-electron chi connectivity index (χ2n) is 11.2. The first-order valence-corrected chi connectivity index (χ1v) is 14.8. The third-order valence-corrected chi connectivity index (χ3v) is 7.50. The van der Waals surface area contributed by atoms with Crippen LogP contribution in [-0.2, 0) is 16.8 Å². The molecule has 1 aliphatic carbocycles. The lowest BCUT2D eigenvalue weighted by atomic mass is 9.93. The normalized spacial score (nSPS) is 14.3. The van der Waals surface area contributed by atoms with E-state index in [1.54, 1.807) is 19.2 Å². The summed E-state index contributed by atoms with van der Waals surface area (Å²) in [7, 11) is 0. The van der Waals surface area contributed by atoms with Crippen molar-refractivity contribution in [3.05, 3.63) is 95.2 Å². The minimum absolute atomic E-state index is 0.00457. The Labute approximate surface area is 267 Å². The predicted molar refractivity (Wildman–Crippen MR) is 164 cm³/mol. The molecular formula is C34H32F4N4O5. The number of carbonyl (C=O) groups is 2. The Bertz CT molecular complexity index is 1780. The zero-order valence-corrected chi connectivity index (χ0v) is 25.5. The molecule has 1 aliphatic rings. The highest BCUT2D eigenvalue weighted by Crippen LogP contribution is 2.42. The molecule has 13 heteroatoms. The second-order valence-corrected chi connectivity index (χ2v) is 11.2. The van der Waals surface area contributed by atoms with Gasteiger partial charge in [-0.05, 0) is 81.3 Å². The summed E-state index contributed by atoms with van der Waals surface area (Å²) in [4.78, 5) is 33.6. The summed E-state index contributed by atoms with van der Waals surface area (Å²) in [6.45, 7) is 2.17. The average Bonchev–Trinajstić information content (AvgIpc) is 3.84. The van der Waals surface area contributed by atoms with Gasteiger partial charge in [0, 0.05) is 39.7 Å². The number of nitrogens with two attached hydrogens (primary N) is 1. The van der Waals surface area contributed by atoms with E-state index in [9.17, 15) is 32.3 Å². The van der Waals surface area contributed by atoms with E-state index in [2.05, 4.69) is 15.3 Å². The van der Waals surface area contributed by atoms with Gasteiger partial charge in [0.2, 0.25) is 11.5 Å². The third kappa shape index (κ3) is 7.51. The van der Waals surface area contributed by atoms with E-state index in [4.69, 9.17) is 15.2 Å². The third-order valence-electron chi connectivity index (χ3n) is 7.50. The zero-order chi connectivity index (χ0) is 33.9. The van der Waals surface area contributed by atoms with E-state index in [1.165, 1.54) is 24.3 Å². The summed E-state index contributed by atoms with van der Waals surface area (Å²) in [6.07, 6.45) is -2.64. The molecule has 1 atom stereocenters. The maximum absolute atomic E-state index is 14.7. The fraction of sp³-hybridized carbons (Fsp3) is 0.294. The maximum Gasteiger partial charge on any atom is 0.424 e. The first kappa shape index (κ1) is 33.3. The van der Waals surface area contributed by atoms with Crippen molar-refractivity contribution >= 4 is 11.8 Å². The van der Waals surface area contributed by atoms with Crippen LogP contribution in [0.1, 0.15) is 47.1 Å². The van der Waals surface area contributed by atoms with Crippen molar-refractivity contribution < 1.29 is 41.7 Å². The van der Waals surface area contributed by atoms with E-state index in [0.717, 1.165) is 42.3 Å². The standard InChI is InChI=1S/C34H32F4N4O5/c1-3-46-31-23(16-29(39)43)15-28(42-30(31)20-6-9-24(35)10-7-20)33(45,34(36,37)38)18-41-32(44)21-8-13-26(22-5-4-19(2)40-17-22)27(14-21)47-25-11-12-25/h4-10,13-15,17,25,45H,3,11-12,16,18H2,1-2H3,(H2,39,43)(H,41,44)/t33-/m0/s1. The molecule has 0 bridgehead atoms. The molecule has 5 rings (SSSR count). The molecule has 1 saturated carbocycles. The quantitative estimate of drug-likeness (QED) is 0.174. The second kappa shape index (κ2) is 13.4. The van der Waals surface area contributed by atoms with Crippen molar-refractivity contribution in [1.29, 1.82) is 0 Å². The molecule has 0 aliphatic heterocycles. The number of benzene rings is 2. The van der Waals surface area contributed by atoms with E-state index >= 15 is 0 Å². The number of amides is 2. The SMILES string of the molecule is CCOc1c(CC(N)=O)cc([C@@](O)(CNC(=O)c2ccc(-c3ccc(C)nc3)c(OC3CC3)c2)C(F)(F)F)nc1-c1ccc(F)cc1. The summed E-state index contributed by atoms with van der Waals surface area (Å²) < 4.78 is 69.5. The molecule has 2 heterocycles. The molecule has 0 saturated heterocycles. The van der Waals surface area contributed by atoms with Crippen molar-refractivity contribution in [2.75, 3.05) is 13.2 Å². The number of primary amides is 1. The minimum Gasteiger partial charge on any atom is -0.491 e. The van der Waals surface area contributed by atoms with Crippen molar-refractivity contribution in [3.63, 3.8) is 0 Å². The number of aromatic nitrogens is 2. The number of hydrogen-bond acceptors (Lipinski definition) is 7. The number of aliphatic hydroxyl groups is 1. The van der Waals surface area contributed by atoms with Crippen molar-refractivity contribution in [3.8, 4) is 33.9 Å². The summed E-state index contributed by atoms with van der Waals surface area (Å²) in [5.74, 6) is -2.09. The number of nitrogens with one attached hydrogen (secondary N) is 1. The van der Waals surface area contributed by atoms with Crippen LogP contribution in [0.4, 0.5) is 17.6 Å². The molecular weight excluding hydrogens is 620 g/mol. The minimum atomic E-state index is -5.35. The van der Waals surface area contributed by atoms with Crippen molar-refractivity contribution in [1.82, 2.24) is 15.3 Å². The van der Waals surface area contributed by atoms with Crippen molar-refractivity contribution in [2.24, 2.45) is 5.73 Å². The topological polar surface area (TPSA) is 137 Å². The van der Waals surface area contributed by atoms with Crippen LogP contribution in [-0.4, -0.2) is 52.3 Å². The molecule has 0 unspecified atom stereocenters. The molecule has 1 fully saturated rings. The van der Waals surface area contributed by atoms with Gasteiger partial charge in [-0.25, -0.2) is 9.37 Å². The highest BCUT2D eigenvalue weighted by molar-refractivity contribution is 5.95. The van der Waals surface area contributed by atoms with Gasteiger partial charge in [0.15, 0.2) is 0 Å². The Kier molecular flexibility index (Phi) is 9.48. The first-order chi connectivity index (χ1) is 22.3. The van der Waals surface area contributed by atoms with Crippen LogP contribution in [0.2, 0.25) is 0 Å². The molecule has 246 valence electrons. The number of nitrogens with zero attached hydrogens (tertiary/aromatic N) is 2. The van der Waals surface area contributed by atoms with Gasteiger partial charge in [-0.3, -0.25) is 14.6 Å². The number of rotatable bonds is 12. The lowest BCUT2D eigenvalue weighted by Gasteiger charge is -2.31. The van der Waals surface area contributed by atoms with Gasteiger partial charge in [0.1, 0.15) is 23.0 Å². The number of ether oxygens (including phenoxy) is 2. The average molecular weight is 653 g/mol. The van der Waals surface area contributed by atoms with Gasteiger partial charge in [-0.15, -0.1) is 0 Å². The highest BCUT2D eigenvalue weighted by atomic mass is 19.4. The van der Waals surface area contributed by atoms with Crippen LogP contribution in [0.5, 0.6) is 11.5 Å². The van der Waals surface area contributed by atoms with Gasteiger partial charge in [0.05, 0.1) is 31.4 Å². The van der Waals surface area contributed by atoms with Crippen LogP contribution in [0.15, 0.2) is 66.9 Å². The number of hydrogen-bond donors (Lipinski definition) is 3. The van der Waals surface area contributed by atoms with E-state index in [-0.39, 0.29) is 40.8 Å². The Morgan fingerprint density at radius 3 is 2.34 bits per heavy atom. The zero-order valence-electron chi connectivity index (χ0n) is 25.5. The molecule has 47 heavy (non-hydrogen) atoms. The number of halogens is 4. The fourth-order valence-corrected chi connectivity index (χ4v) is 4.86. The molecule has 4 aromatic rings. The van der Waals surface area contributed by atoms with Crippen LogP contribution in [0.25, 0.3) is 22.4 Å².